The lowest BCUT2D eigenvalue weighted by atomic mass is 9.92. The molecule has 4 rings (SSSR count). The van der Waals surface area contributed by atoms with E-state index in [0.717, 1.165) is 24.4 Å². The van der Waals surface area contributed by atoms with Gasteiger partial charge in [-0.1, -0.05) is 24.3 Å². The lowest BCUT2D eigenvalue weighted by Gasteiger charge is -2.33. The second kappa shape index (κ2) is 5.99. The fourth-order valence-corrected chi connectivity index (χ4v) is 3.90. The Labute approximate surface area is 137 Å². The first-order valence-electron chi connectivity index (χ1n) is 8.41. The summed E-state index contributed by atoms with van der Waals surface area (Å²) in [6.07, 6.45) is 3.24. The van der Waals surface area contributed by atoms with Gasteiger partial charge in [0.15, 0.2) is 0 Å². The average molecular weight is 309 g/mol. The Morgan fingerprint density at radius 3 is 2.57 bits per heavy atom. The number of rotatable bonds is 3. The van der Waals surface area contributed by atoms with Gasteiger partial charge in [-0.15, -0.1) is 0 Å². The van der Waals surface area contributed by atoms with Crippen LogP contribution in [0.2, 0.25) is 0 Å². The molecule has 0 aromatic heterocycles. The zero-order chi connectivity index (χ0) is 15.8. The SMILES string of the molecule is COc1ccc(CN2Cc3cc4c(cc3[C@@H](O)C2)CCC4)cc1. The van der Waals surface area contributed by atoms with Gasteiger partial charge in [-0.05, 0) is 59.2 Å². The fraction of sp³-hybridized carbons (Fsp3) is 0.400. The molecule has 1 N–H and O–H groups in total. The number of nitrogens with zero attached hydrogens (tertiary/aromatic N) is 1. The number of aliphatic hydroxyl groups is 1. The Balaban J connectivity index is 1.54. The van der Waals surface area contributed by atoms with Crippen LogP contribution >= 0.6 is 0 Å². The number of aryl methyl sites for hydroxylation is 2. The molecule has 1 heterocycles. The highest BCUT2D eigenvalue weighted by Gasteiger charge is 2.26. The van der Waals surface area contributed by atoms with E-state index in [4.69, 9.17) is 4.74 Å². The Kier molecular flexibility index (Phi) is 3.83. The first kappa shape index (κ1) is 14.7. The minimum atomic E-state index is -0.372. The Morgan fingerprint density at radius 1 is 1.09 bits per heavy atom. The van der Waals surface area contributed by atoms with Crippen molar-refractivity contribution in [1.82, 2.24) is 4.90 Å². The van der Waals surface area contributed by atoms with Crippen LogP contribution in [0.3, 0.4) is 0 Å². The highest BCUT2D eigenvalue weighted by Crippen LogP contribution is 2.33. The van der Waals surface area contributed by atoms with Crippen LogP contribution in [0.15, 0.2) is 36.4 Å². The summed E-state index contributed by atoms with van der Waals surface area (Å²) in [6.45, 7) is 2.49. The van der Waals surface area contributed by atoms with E-state index < -0.39 is 0 Å². The van der Waals surface area contributed by atoms with Crippen molar-refractivity contribution in [2.45, 2.75) is 38.5 Å². The third-order valence-electron chi connectivity index (χ3n) is 5.10. The van der Waals surface area contributed by atoms with Gasteiger partial charge in [-0.2, -0.15) is 0 Å². The van der Waals surface area contributed by atoms with Crippen molar-refractivity contribution in [3.8, 4) is 5.75 Å². The second-order valence-electron chi connectivity index (χ2n) is 6.71. The number of hydrogen-bond donors (Lipinski definition) is 1. The molecule has 1 atom stereocenters. The van der Waals surface area contributed by atoms with E-state index in [1.807, 2.05) is 12.1 Å². The Hall–Kier alpha value is -1.84. The van der Waals surface area contributed by atoms with Crippen LogP contribution in [0.4, 0.5) is 0 Å². The summed E-state index contributed by atoms with van der Waals surface area (Å²) in [5, 5.41) is 10.6. The Bertz CT molecular complexity index is 708. The number of fused-ring (bicyclic) bond motifs is 2. The van der Waals surface area contributed by atoms with Crippen LogP contribution in [-0.4, -0.2) is 23.7 Å². The summed E-state index contributed by atoms with van der Waals surface area (Å²) in [7, 11) is 1.69. The maximum absolute atomic E-state index is 10.6. The molecular weight excluding hydrogens is 286 g/mol. The van der Waals surface area contributed by atoms with Gasteiger partial charge in [0.2, 0.25) is 0 Å². The van der Waals surface area contributed by atoms with Crippen molar-refractivity contribution in [2.75, 3.05) is 13.7 Å². The number of hydrogen-bond acceptors (Lipinski definition) is 3. The number of methoxy groups -OCH3 is 1. The monoisotopic (exact) mass is 309 g/mol. The summed E-state index contributed by atoms with van der Waals surface area (Å²) in [5.74, 6) is 0.883. The first-order chi connectivity index (χ1) is 11.2. The predicted molar refractivity (Wildman–Crippen MR) is 90.5 cm³/mol. The zero-order valence-corrected chi connectivity index (χ0v) is 13.6. The summed E-state index contributed by atoms with van der Waals surface area (Å²) >= 11 is 0. The average Bonchev–Trinajstić information content (AvgIpc) is 3.01. The molecule has 0 saturated heterocycles. The van der Waals surface area contributed by atoms with Gasteiger partial charge in [-0.3, -0.25) is 4.90 Å². The fourth-order valence-electron chi connectivity index (χ4n) is 3.90. The normalized spacial score (nSPS) is 20.2. The molecule has 2 aromatic rings. The second-order valence-corrected chi connectivity index (χ2v) is 6.71. The molecule has 0 amide bonds. The molecule has 1 aliphatic heterocycles. The molecule has 2 aromatic carbocycles. The molecule has 3 nitrogen and oxygen atoms in total. The van der Waals surface area contributed by atoms with Crippen molar-refractivity contribution in [1.29, 1.82) is 0 Å². The van der Waals surface area contributed by atoms with E-state index in [1.165, 1.54) is 41.5 Å². The highest BCUT2D eigenvalue weighted by molar-refractivity contribution is 5.43. The smallest absolute Gasteiger partial charge is 0.118 e. The number of ether oxygens (including phenoxy) is 1. The van der Waals surface area contributed by atoms with Crippen LogP contribution in [0.5, 0.6) is 5.75 Å². The number of β-amino-alcohol motifs (C(OH)–C–C–N with tert-alkyl or cyclic N) is 1. The minimum Gasteiger partial charge on any atom is -0.497 e. The molecule has 23 heavy (non-hydrogen) atoms. The van der Waals surface area contributed by atoms with Gasteiger partial charge in [0, 0.05) is 19.6 Å². The number of aliphatic hydroxyl groups excluding tert-OH is 1. The highest BCUT2D eigenvalue weighted by atomic mass is 16.5. The molecule has 0 radical (unpaired) electrons. The van der Waals surface area contributed by atoms with E-state index >= 15 is 0 Å². The molecular formula is C20H23NO2. The first-order valence-corrected chi connectivity index (χ1v) is 8.41. The van der Waals surface area contributed by atoms with Gasteiger partial charge >= 0.3 is 0 Å². The van der Waals surface area contributed by atoms with Crippen molar-refractivity contribution in [2.24, 2.45) is 0 Å². The molecule has 0 bridgehead atoms. The molecule has 1 aliphatic carbocycles. The van der Waals surface area contributed by atoms with E-state index in [9.17, 15) is 5.11 Å². The molecule has 0 saturated carbocycles. The van der Waals surface area contributed by atoms with Crippen molar-refractivity contribution in [3.05, 3.63) is 64.2 Å². The quantitative estimate of drug-likeness (QED) is 0.945. The van der Waals surface area contributed by atoms with Crippen LogP contribution in [-0.2, 0) is 25.9 Å². The van der Waals surface area contributed by atoms with Gasteiger partial charge in [0.1, 0.15) is 5.75 Å². The van der Waals surface area contributed by atoms with Crippen LogP contribution in [0.25, 0.3) is 0 Å². The topological polar surface area (TPSA) is 32.7 Å². The molecule has 0 unspecified atom stereocenters. The van der Waals surface area contributed by atoms with Crippen molar-refractivity contribution < 1.29 is 9.84 Å². The predicted octanol–water partition coefficient (Wildman–Crippen LogP) is 3.23. The summed E-state index contributed by atoms with van der Waals surface area (Å²) in [6, 6.07) is 12.8. The molecule has 3 heteroatoms. The van der Waals surface area contributed by atoms with E-state index in [1.54, 1.807) is 7.11 Å². The van der Waals surface area contributed by atoms with Gasteiger partial charge in [-0.25, -0.2) is 0 Å². The summed E-state index contributed by atoms with van der Waals surface area (Å²) < 4.78 is 5.21. The summed E-state index contributed by atoms with van der Waals surface area (Å²) in [5.41, 5.74) is 6.64. The molecule has 2 aliphatic rings. The standard InChI is InChI=1S/C20H23NO2/c1-23-18-7-5-14(6-8-18)11-21-12-17-9-15-3-2-4-16(15)10-19(17)20(22)13-21/h5-10,20,22H,2-4,11-13H2,1H3/t20-/m0/s1. The summed E-state index contributed by atoms with van der Waals surface area (Å²) in [4.78, 5) is 2.33. The molecule has 120 valence electrons. The molecule has 0 fully saturated rings. The van der Waals surface area contributed by atoms with Gasteiger partial charge < -0.3 is 9.84 Å². The Morgan fingerprint density at radius 2 is 1.83 bits per heavy atom. The van der Waals surface area contributed by atoms with Crippen LogP contribution < -0.4 is 4.74 Å². The van der Waals surface area contributed by atoms with Crippen molar-refractivity contribution in [3.63, 3.8) is 0 Å². The minimum absolute atomic E-state index is 0.372. The maximum Gasteiger partial charge on any atom is 0.118 e. The van der Waals surface area contributed by atoms with Crippen LogP contribution in [0.1, 0.15) is 40.3 Å². The van der Waals surface area contributed by atoms with E-state index in [2.05, 4.69) is 29.2 Å². The van der Waals surface area contributed by atoms with Crippen LogP contribution in [0, 0.1) is 0 Å². The van der Waals surface area contributed by atoms with E-state index in [0.29, 0.717) is 6.54 Å². The zero-order valence-electron chi connectivity index (χ0n) is 13.6. The maximum atomic E-state index is 10.6. The van der Waals surface area contributed by atoms with Gasteiger partial charge in [0.05, 0.1) is 13.2 Å². The van der Waals surface area contributed by atoms with Crippen molar-refractivity contribution >= 4 is 0 Å². The van der Waals surface area contributed by atoms with E-state index in [-0.39, 0.29) is 6.10 Å². The number of benzene rings is 2. The lowest BCUT2D eigenvalue weighted by molar-refractivity contribution is 0.0881. The largest absolute Gasteiger partial charge is 0.497 e. The van der Waals surface area contributed by atoms with Gasteiger partial charge in [0.25, 0.3) is 0 Å². The third kappa shape index (κ3) is 2.87. The molecule has 0 spiro atoms. The third-order valence-corrected chi connectivity index (χ3v) is 5.10. The lowest BCUT2D eigenvalue weighted by Crippen LogP contribution is -2.33.